The fourth-order valence-corrected chi connectivity index (χ4v) is 1.65. The summed E-state index contributed by atoms with van der Waals surface area (Å²) >= 11 is 0. The second-order valence-corrected chi connectivity index (χ2v) is 4.05. The Hall–Kier alpha value is -1.88. The molecule has 96 valence electrons. The summed E-state index contributed by atoms with van der Waals surface area (Å²) in [6.07, 6.45) is 4.68. The third-order valence-corrected chi connectivity index (χ3v) is 2.52. The molecule has 18 heavy (non-hydrogen) atoms. The molecule has 0 bridgehead atoms. The van der Waals surface area contributed by atoms with Crippen LogP contribution in [0, 0.1) is 0 Å². The lowest BCUT2D eigenvalue weighted by atomic mass is 10.3. The van der Waals surface area contributed by atoms with Crippen molar-refractivity contribution in [3.05, 3.63) is 42.0 Å². The fraction of sp³-hybridized carbons (Fsp3) is 0.385. The van der Waals surface area contributed by atoms with Gasteiger partial charge >= 0.3 is 0 Å². The molecule has 0 saturated carbocycles. The van der Waals surface area contributed by atoms with Gasteiger partial charge < -0.3 is 10.5 Å². The Morgan fingerprint density at radius 1 is 1.33 bits per heavy atom. The van der Waals surface area contributed by atoms with Gasteiger partial charge in [0.25, 0.3) is 0 Å². The van der Waals surface area contributed by atoms with Crippen LogP contribution < -0.4 is 10.5 Å². The molecule has 0 saturated heterocycles. The van der Waals surface area contributed by atoms with Gasteiger partial charge in [-0.3, -0.25) is 9.67 Å². The zero-order valence-electron chi connectivity index (χ0n) is 10.5. The van der Waals surface area contributed by atoms with Gasteiger partial charge in [-0.25, -0.2) is 0 Å². The Balaban J connectivity index is 1.93. The van der Waals surface area contributed by atoms with Gasteiger partial charge in [0.05, 0.1) is 23.8 Å². The van der Waals surface area contributed by atoms with E-state index in [1.807, 2.05) is 29.1 Å². The quantitative estimate of drug-likeness (QED) is 0.843. The third kappa shape index (κ3) is 3.30. The standard InChI is InChI=1S/C13H18N4O/c1-2-6-17-9-13(8-15-17)18-10-12-5-3-4-11(7-14)16-12/h3-5,8-9H,2,6-7,10,14H2,1H3. The largest absolute Gasteiger partial charge is 0.484 e. The van der Waals surface area contributed by atoms with Gasteiger partial charge in [-0.05, 0) is 18.6 Å². The number of hydrogen-bond donors (Lipinski definition) is 1. The maximum Gasteiger partial charge on any atom is 0.157 e. The molecule has 0 radical (unpaired) electrons. The summed E-state index contributed by atoms with van der Waals surface area (Å²) < 4.78 is 7.51. The summed E-state index contributed by atoms with van der Waals surface area (Å²) in [5.74, 6) is 0.767. The van der Waals surface area contributed by atoms with Crippen molar-refractivity contribution in [3.63, 3.8) is 0 Å². The first-order valence-corrected chi connectivity index (χ1v) is 6.12. The highest BCUT2D eigenvalue weighted by molar-refractivity contribution is 5.14. The minimum absolute atomic E-state index is 0.436. The van der Waals surface area contributed by atoms with Crippen LogP contribution in [-0.2, 0) is 19.7 Å². The minimum Gasteiger partial charge on any atom is -0.484 e. The van der Waals surface area contributed by atoms with Gasteiger partial charge in [-0.2, -0.15) is 5.10 Å². The van der Waals surface area contributed by atoms with E-state index >= 15 is 0 Å². The molecule has 0 aliphatic rings. The van der Waals surface area contributed by atoms with E-state index in [0.29, 0.717) is 13.2 Å². The molecule has 2 heterocycles. The van der Waals surface area contributed by atoms with Gasteiger partial charge in [0.15, 0.2) is 5.75 Å². The number of pyridine rings is 1. The summed E-state index contributed by atoms with van der Waals surface area (Å²) in [5.41, 5.74) is 7.30. The third-order valence-electron chi connectivity index (χ3n) is 2.52. The molecular weight excluding hydrogens is 228 g/mol. The van der Waals surface area contributed by atoms with Crippen LogP contribution in [0.4, 0.5) is 0 Å². The Morgan fingerprint density at radius 3 is 2.94 bits per heavy atom. The number of aromatic nitrogens is 3. The van der Waals surface area contributed by atoms with E-state index in [2.05, 4.69) is 17.0 Å². The maximum atomic E-state index is 5.63. The van der Waals surface area contributed by atoms with Crippen LogP contribution in [0.3, 0.4) is 0 Å². The molecule has 0 atom stereocenters. The van der Waals surface area contributed by atoms with Crippen molar-refractivity contribution >= 4 is 0 Å². The Kier molecular flexibility index (Phi) is 4.30. The summed E-state index contributed by atoms with van der Waals surface area (Å²) in [7, 11) is 0. The highest BCUT2D eigenvalue weighted by Crippen LogP contribution is 2.11. The van der Waals surface area contributed by atoms with E-state index in [1.165, 1.54) is 0 Å². The van der Waals surface area contributed by atoms with Crippen molar-refractivity contribution in [1.29, 1.82) is 0 Å². The van der Waals surface area contributed by atoms with E-state index in [9.17, 15) is 0 Å². The lowest BCUT2D eigenvalue weighted by Gasteiger charge is -2.04. The Labute approximate surface area is 107 Å². The van der Waals surface area contributed by atoms with Gasteiger partial charge in [0, 0.05) is 13.1 Å². The summed E-state index contributed by atoms with van der Waals surface area (Å²) in [5, 5.41) is 4.20. The Bertz CT molecular complexity index is 495. The number of hydrogen-bond acceptors (Lipinski definition) is 4. The summed E-state index contributed by atoms with van der Waals surface area (Å²) in [6, 6.07) is 5.77. The number of aryl methyl sites for hydroxylation is 1. The van der Waals surface area contributed by atoms with Crippen molar-refractivity contribution in [2.45, 2.75) is 33.0 Å². The van der Waals surface area contributed by atoms with Crippen LogP contribution in [0.5, 0.6) is 5.75 Å². The van der Waals surface area contributed by atoms with Crippen LogP contribution in [0.25, 0.3) is 0 Å². The molecule has 0 unspecified atom stereocenters. The van der Waals surface area contributed by atoms with Crippen LogP contribution in [0.2, 0.25) is 0 Å². The molecule has 0 aliphatic carbocycles. The first-order valence-electron chi connectivity index (χ1n) is 6.12. The van der Waals surface area contributed by atoms with Gasteiger partial charge in [0.1, 0.15) is 6.61 Å². The summed E-state index contributed by atoms with van der Waals surface area (Å²) in [6.45, 7) is 3.91. The second-order valence-electron chi connectivity index (χ2n) is 4.05. The molecule has 0 fully saturated rings. The molecule has 2 N–H and O–H groups in total. The SMILES string of the molecule is CCCn1cc(OCc2cccc(CN)n2)cn1. The first kappa shape index (κ1) is 12.6. The molecule has 5 nitrogen and oxygen atoms in total. The minimum atomic E-state index is 0.436. The maximum absolute atomic E-state index is 5.63. The van der Waals surface area contributed by atoms with Crippen LogP contribution in [0.15, 0.2) is 30.6 Å². The van der Waals surface area contributed by atoms with Crippen LogP contribution in [-0.4, -0.2) is 14.8 Å². The predicted molar refractivity (Wildman–Crippen MR) is 69.0 cm³/mol. The number of ether oxygens (including phenoxy) is 1. The zero-order valence-corrected chi connectivity index (χ0v) is 10.5. The molecule has 5 heteroatoms. The van der Waals surface area contributed by atoms with Gasteiger partial charge in [-0.15, -0.1) is 0 Å². The van der Waals surface area contributed by atoms with Crippen molar-refractivity contribution in [3.8, 4) is 5.75 Å². The van der Waals surface area contributed by atoms with Gasteiger partial charge in [0.2, 0.25) is 0 Å². The smallest absolute Gasteiger partial charge is 0.157 e. The monoisotopic (exact) mass is 246 g/mol. The van der Waals surface area contributed by atoms with Crippen molar-refractivity contribution in [1.82, 2.24) is 14.8 Å². The second kappa shape index (κ2) is 6.16. The zero-order chi connectivity index (χ0) is 12.8. The predicted octanol–water partition coefficient (Wildman–Crippen LogP) is 1.73. The van der Waals surface area contributed by atoms with Crippen LogP contribution in [0.1, 0.15) is 24.7 Å². The molecule has 0 spiro atoms. The van der Waals surface area contributed by atoms with Crippen molar-refractivity contribution in [2.24, 2.45) is 5.73 Å². The molecule has 2 aromatic rings. The number of nitrogens with two attached hydrogens (primary N) is 1. The number of rotatable bonds is 6. The van der Waals surface area contributed by atoms with Gasteiger partial charge in [-0.1, -0.05) is 13.0 Å². The molecule has 2 rings (SSSR count). The first-order chi connectivity index (χ1) is 8.81. The molecular formula is C13H18N4O. The molecule has 2 aromatic heterocycles. The average Bonchev–Trinajstić information content (AvgIpc) is 2.85. The normalized spacial score (nSPS) is 10.6. The topological polar surface area (TPSA) is 66.0 Å². The van der Waals surface area contributed by atoms with E-state index < -0.39 is 0 Å². The van der Waals surface area contributed by atoms with E-state index in [0.717, 1.165) is 30.1 Å². The number of nitrogens with zero attached hydrogens (tertiary/aromatic N) is 3. The van der Waals surface area contributed by atoms with Crippen LogP contribution >= 0.6 is 0 Å². The van der Waals surface area contributed by atoms with E-state index in [4.69, 9.17) is 10.5 Å². The fourth-order valence-electron chi connectivity index (χ4n) is 1.65. The Morgan fingerprint density at radius 2 is 2.17 bits per heavy atom. The summed E-state index contributed by atoms with van der Waals surface area (Å²) in [4.78, 5) is 4.37. The molecule has 0 amide bonds. The van der Waals surface area contributed by atoms with Crippen molar-refractivity contribution < 1.29 is 4.74 Å². The molecule has 0 aliphatic heterocycles. The highest BCUT2D eigenvalue weighted by Gasteiger charge is 2.01. The lowest BCUT2D eigenvalue weighted by molar-refractivity contribution is 0.300. The van der Waals surface area contributed by atoms with Crippen molar-refractivity contribution in [2.75, 3.05) is 0 Å². The van der Waals surface area contributed by atoms with E-state index in [-0.39, 0.29) is 0 Å². The highest BCUT2D eigenvalue weighted by atomic mass is 16.5. The lowest BCUT2D eigenvalue weighted by Crippen LogP contribution is -2.04. The average molecular weight is 246 g/mol. The molecule has 0 aromatic carbocycles. The van der Waals surface area contributed by atoms with E-state index in [1.54, 1.807) is 6.20 Å².